The third-order valence-corrected chi connectivity index (χ3v) is 6.09. The van der Waals surface area contributed by atoms with Gasteiger partial charge in [0.25, 0.3) is 11.8 Å². The smallest absolute Gasteiger partial charge is 0.343 e. The third-order valence-electron chi connectivity index (χ3n) is 6.09. The normalized spacial score (nSPS) is 12.2. The van der Waals surface area contributed by atoms with Crippen LogP contribution in [0.15, 0.2) is 97.1 Å². The van der Waals surface area contributed by atoms with E-state index in [1.165, 1.54) is 43.5 Å². The van der Waals surface area contributed by atoms with Crippen molar-refractivity contribution in [3.63, 3.8) is 0 Å². The maximum atomic E-state index is 12.6. The number of benzene rings is 3. The molecule has 0 fully saturated rings. The summed E-state index contributed by atoms with van der Waals surface area (Å²) < 4.78 is 20.7. The summed E-state index contributed by atoms with van der Waals surface area (Å²) in [6, 6.07) is 20.4. The topological polar surface area (TPSA) is 126 Å². The molecule has 0 radical (unpaired) electrons. The van der Waals surface area contributed by atoms with Crippen LogP contribution in [0.4, 0.5) is 5.69 Å². The summed E-state index contributed by atoms with van der Waals surface area (Å²) in [4.78, 5) is 60.2. The van der Waals surface area contributed by atoms with E-state index in [2.05, 4.69) is 11.3 Å². The Hall–Kier alpha value is -5.51. The maximum absolute atomic E-state index is 12.6. The fourth-order valence-corrected chi connectivity index (χ4v) is 3.86. The van der Waals surface area contributed by atoms with Crippen LogP contribution in [0.3, 0.4) is 0 Å². The van der Waals surface area contributed by atoms with Crippen molar-refractivity contribution < 1.29 is 42.9 Å². The summed E-state index contributed by atoms with van der Waals surface area (Å²) in [5.74, 6) is -1.65. The van der Waals surface area contributed by atoms with Gasteiger partial charge < -0.3 is 18.9 Å². The van der Waals surface area contributed by atoms with E-state index in [4.69, 9.17) is 14.2 Å². The number of carbonyl (C=O) groups excluding carboxylic acids is 5. The van der Waals surface area contributed by atoms with Crippen LogP contribution in [0.2, 0.25) is 0 Å². The van der Waals surface area contributed by atoms with E-state index in [1.807, 2.05) is 36.4 Å². The minimum absolute atomic E-state index is 0.0320. The molecule has 3 aromatic rings. The highest BCUT2D eigenvalue weighted by Gasteiger charge is 2.25. The molecule has 0 saturated heterocycles. The van der Waals surface area contributed by atoms with Gasteiger partial charge in [0.2, 0.25) is 0 Å². The van der Waals surface area contributed by atoms with E-state index >= 15 is 0 Å². The number of esters is 3. The molecule has 0 aromatic heterocycles. The molecule has 0 atom stereocenters. The molecule has 0 saturated carbocycles. The van der Waals surface area contributed by atoms with Gasteiger partial charge in [0.15, 0.2) is 0 Å². The summed E-state index contributed by atoms with van der Waals surface area (Å²) in [6.07, 6.45) is 2.63. The van der Waals surface area contributed by atoms with Crippen molar-refractivity contribution in [2.75, 3.05) is 25.2 Å². The van der Waals surface area contributed by atoms with Crippen molar-refractivity contribution in [3.05, 3.63) is 103 Å². The monoisotopic (exact) mass is 569 g/mol. The molecule has 2 amide bonds. The Balaban J connectivity index is 1.22. The summed E-state index contributed by atoms with van der Waals surface area (Å²) in [6.45, 7) is 3.97. The first-order valence-electron chi connectivity index (χ1n) is 12.9. The van der Waals surface area contributed by atoms with Gasteiger partial charge >= 0.3 is 17.9 Å². The zero-order valence-electron chi connectivity index (χ0n) is 22.7. The van der Waals surface area contributed by atoms with Crippen molar-refractivity contribution >= 4 is 35.4 Å². The molecule has 42 heavy (non-hydrogen) atoms. The van der Waals surface area contributed by atoms with Gasteiger partial charge in [-0.2, -0.15) is 0 Å². The van der Waals surface area contributed by atoms with Crippen molar-refractivity contribution in [3.8, 4) is 22.6 Å². The summed E-state index contributed by atoms with van der Waals surface area (Å²) in [7, 11) is 1.23. The number of imide groups is 1. The standard InChI is InChI=1S/C32H27NO9/c1-21(20-30(36)39-2)31(37)41-19-3-18-40-26-12-6-22(7-13-26)23-8-14-27(15-9-23)42-32(38)24-4-10-25(11-5-24)33-28(34)16-17-29(33)35/h4-17H,1,3,18-20H2,2H3. The molecule has 1 aliphatic heterocycles. The lowest BCUT2D eigenvalue weighted by Crippen LogP contribution is -2.29. The SMILES string of the molecule is C=C(CC(=O)OC)C(=O)OCCCOc1ccc(-c2ccc(OC(=O)c3ccc(N4C(=O)C=CC4=O)cc3)cc2)cc1. The molecule has 4 rings (SSSR count). The minimum atomic E-state index is -0.646. The molecule has 214 valence electrons. The van der Waals surface area contributed by atoms with E-state index in [1.54, 1.807) is 12.1 Å². The Kier molecular flexibility index (Phi) is 9.62. The fourth-order valence-electron chi connectivity index (χ4n) is 3.86. The number of hydrogen-bond donors (Lipinski definition) is 0. The molecule has 10 nitrogen and oxygen atoms in total. The quantitative estimate of drug-likeness (QED) is 0.102. The van der Waals surface area contributed by atoms with Gasteiger partial charge in [0.05, 0.1) is 38.0 Å². The fraction of sp³-hybridized carbons (Fsp3) is 0.156. The molecule has 10 heteroatoms. The lowest BCUT2D eigenvalue weighted by atomic mass is 10.1. The van der Waals surface area contributed by atoms with Crippen molar-refractivity contribution in [1.29, 1.82) is 0 Å². The van der Waals surface area contributed by atoms with E-state index < -0.39 is 29.7 Å². The molecular formula is C32H27NO9. The molecule has 1 aliphatic rings. The van der Waals surface area contributed by atoms with Gasteiger partial charge in [-0.15, -0.1) is 0 Å². The van der Waals surface area contributed by atoms with Gasteiger partial charge in [-0.1, -0.05) is 30.8 Å². The van der Waals surface area contributed by atoms with Gasteiger partial charge in [-0.05, 0) is 59.7 Å². The third kappa shape index (κ3) is 7.57. The highest BCUT2D eigenvalue weighted by molar-refractivity contribution is 6.28. The average molecular weight is 570 g/mol. The predicted molar refractivity (Wildman–Crippen MR) is 152 cm³/mol. The van der Waals surface area contributed by atoms with Crippen LogP contribution in [-0.4, -0.2) is 50.0 Å². The van der Waals surface area contributed by atoms with Gasteiger partial charge in [-0.25, -0.2) is 14.5 Å². The predicted octanol–water partition coefficient (Wildman–Crippen LogP) is 4.43. The number of nitrogens with zero attached hydrogens (tertiary/aromatic N) is 1. The lowest BCUT2D eigenvalue weighted by Gasteiger charge is -2.14. The number of methoxy groups -OCH3 is 1. The second-order valence-corrected chi connectivity index (χ2v) is 9.02. The molecule has 3 aromatic carbocycles. The van der Waals surface area contributed by atoms with E-state index in [0.717, 1.165) is 16.0 Å². The van der Waals surface area contributed by atoms with Gasteiger partial charge in [0, 0.05) is 24.1 Å². The average Bonchev–Trinajstić information content (AvgIpc) is 3.34. The Bertz CT molecular complexity index is 1500. The Morgan fingerprint density at radius 2 is 1.33 bits per heavy atom. The summed E-state index contributed by atoms with van der Waals surface area (Å²) in [5.41, 5.74) is 2.50. The molecule has 1 heterocycles. The van der Waals surface area contributed by atoms with E-state index in [-0.39, 0.29) is 24.2 Å². The number of hydrogen-bond acceptors (Lipinski definition) is 9. The van der Waals surface area contributed by atoms with Crippen LogP contribution in [0, 0.1) is 0 Å². The second-order valence-electron chi connectivity index (χ2n) is 9.02. The van der Waals surface area contributed by atoms with Crippen LogP contribution in [0.1, 0.15) is 23.2 Å². The van der Waals surface area contributed by atoms with Crippen LogP contribution >= 0.6 is 0 Å². The highest BCUT2D eigenvalue weighted by Crippen LogP contribution is 2.26. The van der Waals surface area contributed by atoms with Crippen molar-refractivity contribution in [1.82, 2.24) is 0 Å². The van der Waals surface area contributed by atoms with Crippen LogP contribution in [0.25, 0.3) is 11.1 Å². The number of amides is 2. The first-order chi connectivity index (χ1) is 20.2. The summed E-state index contributed by atoms with van der Waals surface area (Å²) >= 11 is 0. The zero-order chi connectivity index (χ0) is 30.1. The van der Waals surface area contributed by atoms with Crippen molar-refractivity contribution in [2.45, 2.75) is 12.8 Å². The molecule has 0 N–H and O–H groups in total. The minimum Gasteiger partial charge on any atom is -0.493 e. The maximum Gasteiger partial charge on any atom is 0.343 e. The first-order valence-corrected chi connectivity index (χ1v) is 12.9. The Labute approximate surface area is 241 Å². The number of anilines is 1. The van der Waals surface area contributed by atoms with Gasteiger partial charge in [-0.3, -0.25) is 14.4 Å². The largest absolute Gasteiger partial charge is 0.493 e. The molecule has 0 unspecified atom stereocenters. The van der Waals surface area contributed by atoms with E-state index in [9.17, 15) is 24.0 Å². The van der Waals surface area contributed by atoms with Crippen LogP contribution in [-0.2, 0) is 28.7 Å². The van der Waals surface area contributed by atoms with E-state index in [0.29, 0.717) is 30.2 Å². The molecular weight excluding hydrogens is 542 g/mol. The van der Waals surface area contributed by atoms with Gasteiger partial charge in [0.1, 0.15) is 11.5 Å². The van der Waals surface area contributed by atoms with Crippen LogP contribution < -0.4 is 14.4 Å². The van der Waals surface area contributed by atoms with Crippen LogP contribution in [0.5, 0.6) is 11.5 Å². The van der Waals surface area contributed by atoms with Crippen molar-refractivity contribution in [2.24, 2.45) is 0 Å². The second kappa shape index (κ2) is 13.7. The molecule has 0 spiro atoms. The Morgan fingerprint density at radius 1 is 0.762 bits per heavy atom. The number of carbonyl (C=O) groups is 5. The summed E-state index contributed by atoms with van der Waals surface area (Å²) in [5, 5.41) is 0. The highest BCUT2D eigenvalue weighted by atomic mass is 16.5. The first kappa shape index (κ1) is 29.5. The lowest BCUT2D eigenvalue weighted by molar-refractivity contribution is -0.144. The molecule has 0 bridgehead atoms. The number of ether oxygens (including phenoxy) is 4. The number of rotatable bonds is 12. The Morgan fingerprint density at radius 3 is 1.90 bits per heavy atom. The zero-order valence-corrected chi connectivity index (χ0v) is 22.7. The molecule has 0 aliphatic carbocycles.